The molecule has 0 spiro atoms. The third-order valence-corrected chi connectivity index (χ3v) is 5.86. The Bertz CT molecular complexity index is 1110. The fraction of sp³-hybridized carbons (Fsp3) is 0.0588. The average molecular weight is 448 g/mol. The number of carbonyl (C=O) groups is 2. The van der Waals surface area contributed by atoms with Gasteiger partial charge in [0.2, 0.25) is 5.91 Å². The molecule has 2 amide bonds. The van der Waals surface area contributed by atoms with E-state index in [2.05, 4.69) is 16.0 Å². The van der Waals surface area contributed by atoms with Gasteiger partial charge in [0, 0.05) is 17.7 Å². The molecule has 0 saturated carbocycles. The molecule has 3 aromatic rings. The van der Waals surface area contributed by atoms with E-state index in [0.717, 1.165) is 11.8 Å². The van der Waals surface area contributed by atoms with E-state index in [4.69, 9.17) is 12.2 Å². The number of nitrogens with one attached hydrogen (secondary N) is 2. The van der Waals surface area contributed by atoms with E-state index in [9.17, 15) is 19.7 Å². The summed E-state index contributed by atoms with van der Waals surface area (Å²) in [5, 5.41) is 15.1. The second-order valence-electron chi connectivity index (χ2n) is 5.48. The second-order valence-corrected chi connectivity index (χ2v) is 8.32. The number of aromatic nitrogens is 2. The number of thioether (sulfide) groups is 1. The molecule has 9 nitrogen and oxygen atoms in total. The van der Waals surface area contributed by atoms with Crippen LogP contribution in [-0.4, -0.2) is 32.3 Å². The minimum absolute atomic E-state index is 0.00624. The Balaban J connectivity index is 1.53. The fourth-order valence-corrected chi connectivity index (χ4v) is 4.34. The lowest BCUT2D eigenvalue weighted by Crippen LogP contribution is -2.42. The number of hydrogen-bond acceptors (Lipinski definition) is 8. The maximum Gasteiger partial charge on any atom is 0.270 e. The van der Waals surface area contributed by atoms with E-state index >= 15 is 0 Å². The van der Waals surface area contributed by atoms with Gasteiger partial charge < -0.3 is 0 Å². The summed E-state index contributed by atoms with van der Waals surface area (Å²) in [6.45, 7) is 0. The standard InChI is InChI=1S/C17H13N5O4S3/c23-14(18-19-15(24)11-5-4-8-13(9-11)22(25)26)10-28-16-20-21(17(27)29-16)12-6-2-1-3-7-12/h1-9H,10H2,(H,18,23)(H,19,24). The minimum Gasteiger partial charge on any atom is -0.272 e. The number of nitro benzene ring substituents is 1. The zero-order valence-electron chi connectivity index (χ0n) is 14.6. The summed E-state index contributed by atoms with van der Waals surface area (Å²) < 4.78 is 2.78. The van der Waals surface area contributed by atoms with E-state index in [1.54, 1.807) is 4.68 Å². The van der Waals surface area contributed by atoms with Crippen LogP contribution in [0.3, 0.4) is 0 Å². The van der Waals surface area contributed by atoms with Gasteiger partial charge in [0.25, 0.3) is 11.6 Å². The monoisotopic (exact) mass is 447 g/mol. The number of hydrazine groups is 1. The molecule has 12 heteroatoms. The van der Waals surface area contributed by atoms with Crippen molar-refractivity contribution in [1.82, 2.24) is 20.6 Å². The molecule has 29 heavy (non-hydrogen) atoms. The Morgan fingerprint density at radius 3 is 2.66 bits per heavy atom. The van der Waals surface area contributed by atoms with Gasteiger partial charge in [0.15, 0.2) is 8.29 Å². The van der Waals surface area contributed by atoms with Crippen molar-refractivity contribution in [2.75, 3.05) is 5.75 Å². The lowest BCUT2D eigenvalue weighted by Gasteiger charge is -2.06. The SMILES string of the molecule is O=C(CSc1nn(-c2ccccc2)c(=S)s1)NNC(=O)c1cccc([N+](=O)[O-])c1. The number of amides is 2. The lowest BCUT2D eigenvalue weighted by molar-refractivity contribution is -0.384. The molecule has 2 N–H and O–H groups in total. The summed E-state index contributed by atoms with van der Waals surface area (Å²) in [5.41, 5.74) is 5.17. The van der Waals surface area contributed by atoms with Crippen LogP contribution < -0.4 is 10.9 Å². The molecule has 1 heterocycles. The summed E-state index contributed by atoms with van der Waals surface area (Å²) >= 11 is 7.76. The molecule has 0 radical (unpaired) electrons. The molecule has 0 unspecified atom stereocenters. The zero-order valence-corrected chi connectivity index (χ0v) is 17.1. The van der Waals surface area contributed by atoms with Crippen molar-refractivity contribution in [3.05, 3.63) is 74.2 Å². The van der Waals surface area contributed by atoms with Gasteiger partial charge in [-0.25, -0.2) is 4.68 Å². The first-order valence-corrected chi connectivity index (χ1v) is 10.3. The highest BCUT2D eigenvalue weighted by Gasteiger charge is 2.13. The summed E-state index contributed by atoms with van der Waals surface area (Å²) in [6.07, 6.45) is 0. The van der Waals surface area contributed by atoms with Gasteiger partial charge in [-0.3, -0.25) is 30.6 Å². The second kappa shape index (κ2) is 9.41. The number of non-ortho nitro benzene ring substituents is 1. The van der Waals surface area contributed by atoms with Gasteiger partial charge >= 0.3 is 0 Å². The highest BCUT2D eigenvalue weighted by atomic mass is 32.2. The molecule has 2 aromatic carbocycles. The van der Waals surface area contributed by atoms with Crippen LogP contribution in [0.1, 0.15) is 10.4 Å². The number of rotatable bonds is 6. The first kappa shape index (κ1) is 20.6. The van der Waals surface area contributed by atoms with Crippen molar-refractivity contribution >= 4 is 52.8 Å². The Morgan fingerprint density at radius 1 is 1.17 bits per heavy atom. The number of carbonyl (C=O) groups excluding carboxylic acids is 2. The van der Waals surface area contributed by atoms with E-state index in [1.807, 2.05) is 30.3 Å². The molecule has 0 aliphatic rings. The predicted molar refractivity (Wildman–Crippen MR) is 112 cm³/mol. The van der Waals surface area contributed by atoms with Crippen LogP contribution in [0.25, 0.3) is 5.69 Å². The minimum atomic E-state index is -0.656. The number of benzene rings is 2. The summed E-state index contributed by atoms with van der Waals surface area (Å²) in [4.78, 5) is 34.2. The Hall–Kier alpha value is -3.09. The molecular weight excluding hydrogens is 434 g/mol. The third-order valence-electron chi connectivity index (χ3n) is 3.49. The topological polar surface area (TPSA) is 119 Å². The average Bonchev–Trinajstić information content (AvgIpc) is 3.11. The van der Waals surface area contributed by atoms with Crippen molar-refractivity contribution in [2.45, 2.75) is 4.34 Å². The van der Waals surface area contributed by atoms with E-state index < -0.39 is 16.7 Å². The van der Waals surface area contributed by atoms with E-state index in [-0.39, 0.29) is 17.0 Å². The Morgan fingerprint density at radius 2 is 1.93 bits per heavy atom. The van der Waals surface area contributed by atoms with Gasteiger partial charge in [0.1, 0.15) is 0 Å². The molecule has 0 fully saturated rings. The smallest absolute Gasteiger partial charge is 0.270 e. The van der Waals surface area contributed by atoms with Crippen LogP contribution in [0.2, 0.25) is 0 Å². The number of para-hydroxylation sites is 1. The molecule has 0 saturated heterocycles. The van der Waals surface area contributed by atoms with Gasteiger partial charge in [-0.15, -0.1) is 5.10 Å². The van der Waals surface area contributed by atoms with Crippen molar-refractivity contribution in [3.63, 3.8) is 0 Å². The van der Waals surface area contributed by atoms with Crippen molar-refractivity contribution in [3.8, 4) is 5.69 Å². The third kappa shape index (κ3) is 5.47. The quantitative estimate of drug-likeness (QED) is 0.258. The number of nitrogens with zero attached hydrogens (tertiary/aromatic N) is 3. The maximum atomic E-state index is 12.0. The molecular formula is C17H13N5O4S3. The first-order valence-electron chi connectivity index (χ1n) is 8.06. The van der Waals surface area contributed by atoms with Crippen LogP contribution in [0, 0.1) is 14.1 Å². The maximum absolute atomic E-state index is 12.0. The normalized spacial score (nSPS) is 10.3. The van der Waals surface area contributed by atoms with Crippen molar-refractivity contribution < 1.29 is 14.5 Å². The van der Waals surface area contributed by atoms with Crippen molar-refractivity contribution in [2.24, 2.45) is 0 Å². The molecule has 1 aromatic heterocycles. The molecule has 3 rings (SSSR count). The Kier molecular flexibility index (Phi) is 6.69. The number of nitro groups is 1. The van der Waals surface area contributed by atoms with Gasteiger partial charge in [-0.2, -0.15) is 0 Å². The van der Waals surface area contributed by atoms with Crippen LogP contribution in [0.15, 0.2) is 58.9 Å². The lowest BCUT2D eigenvalue weighted by atomic mass is 10.2. The largest absolute Gasteiger partial charge is 0.272 e. The number of hydrogen-bond donors (Lipinski definition) is 2. The van der Waals surface area contributed by atoms with Gasteiger partial charge in [0.05, 0.1) is 16.4 Å². The highest BCUT2D eigenvalue weighted by molar-refractivity contribution is 8.01. The molecule has 148 valence electrons. The highest BCUT2D eigenvalue weighted by Crippen LogP contribution is 2.23. The van der Waals surface area contributed by atoms with Crippen LogP contribution in [0.4, 0.5) is 5.69 Å². The molecule has 0 atom stereocenters. The summed E-state index contributed by atoms with van der Waals surface area (Å²) in [5.74, 6) is -1.11. The van der Waals surface area contributed by atoms with Crippen LogP contribution in [-0.2, 0) is 4.79 Å². The Labute approximate surface area is 177 Å². The van der Waals surface area contributed by atoms with Crippen LogP contribution >= 0.6 is 35.3 Å². The fourth-order valence-electron chi connectivity index (χ4n) is 2.17. The zero-order chi connectivity index (χ0) is 20.8. The van der Waals surface area contributed by atoms with Gasteiger partial charge in [-0.1, -0.05) is 47.4 Å². The summed E-state index contributed by atoms with van der Waals surface area (Å²) in [7, 11) is 0. The molecule has 0 bridgehead atoms. The van der Waals surface area contributed by atoms with E-state index in [1.165, 1.54) is 41.3 Å². The van der Waals surface area contributed by atoms with Gasteiger partial charge in [-0.05, 0) is 30.4 Å². The van der Waals surface area contributed by atoms with Crippen LogP contribution in [0.5, 0.6) is 0 Å². The summed E-state index contributed by atoms with van der Waals surface area (Å²) in [6, 6.07) is 14.6. The van der Waals surface area contributed by atoms with Crippen molar-refractivity contribution in [1.29, 1.82) is 0 Å². The first-order chi connectivity index (χ1) is 13.9. The molecule has 0 aliphatic carbocycles. The molecule has 0 aliphatic heterocycles. The van der Waals surface area contributed by atoms with E-state index in [0.29, 0.717) is 8.29 Å². The predicted octanol–water partition coefficient (Wildman–Crippen LogP) is 3.12.